The Morgan fingerprint density at radius 1 is 1.20 bits per heavy atom. The van der Waals surface area contributed by atoms with Gasteiger partial charge in [0.2, 0.25) is 17.7 Å². The van der Waals surface area contributed by atoms with Crippen molar-refractivity contribution in [3.05, 3.63) is 53.0 Å². The molecule has 3 amide bonds. The molecular formula is C22H25N5O3. The van der Waals surface area contributed by atoms with Gasteiger partial charge in [0.1, 0.15) is 11.6 Å². The Bertz CT molecular complexity index is 992. The summed E-state index contributed by atoms with van der Waals surface area (Å²) in [6.07, 6.45) is 1.08. The van der Waals surface area contributed by atoms with E-state index in [0.717, 1.165) is 23.2 Å². The second-order valence-electron chi connectivity index (χ2n) is 7.85. The molecule has 1 saturated heterocycles. The highest BCUT2D eigenvalue weighted by Gasteiger charge is 2.34. The molecule has 1 atom stereocenters. The van der Waals surface area contributed by atoms with E-state index in [2.05, 4.69) is 10.3 Å². The van der Waals surface area contributed by atoms with Crippen LogP contribution in [0.25, 0.3) is 0 Å². The Kier molecular flexibility index (Phi) is 5.48. The van der Waals surface area contributed by atoms with Crippen molar-refractivity contribution in [1.29, 1.82) is 0 Å². The predicted octanol–water partition coefficient (Wildman–Crippen LogP) is 1.33. The number of carbonyl (C=O) groups is 3. The first kappa shape index (κ1) is 20.0. The molecule has 156 valence electrons. The van der Waals surface area contributed by atoms with Gasteiger partial charge in [-0.1, -0.05) is 30.3 Å². The Hall–Kier alpha value is -3.29. The fourth-order valence-electron chi connectivity index (χ4n) is 4.02. The molecule has 2 aromatic rings. The summed E-state index contributed by atoms with van der Waals surface area (Å²) >= 11 is 0. The number of nitrogens with one attached hydrogen (secondary N) is 1. The summed E-state index contributed by atoms with van der Waals surface area (Å²) in [5.41, 5.74) is 2.75. The van der Waals surface area contributed by atoms with Crippen LogP contribution in [-0.2, 0) is 27.3 Å². The van der Waals surface area contributed by atoms with Crippen molar-refractivity contribution in [1.82, 2.24) is 20.2 Å². The molecule has 0 bridgehead atoms. The lowest BCUT2D eigenvalue weighted by Gasteiger charge is -2.19. The summed E-state index contributed by atoms with van der Waals surface area (Å²) in [5.74, 6) is 1.08. The first-order chi connectivity index (χ1) is 14.4. The van der Waals surface area contributed by atoms with Gasteiger partial charge >= 0.3 is 0 Å². The second-order valence-corrected chi connectivity index (χ2v) is 7.85. The third-order valence-corrected chi connectivity index (χ3v) is 5.67. The number of likely N-dealkylation sites (tertiary alicyclic amines) is 1. The number of fused-ring (bicyclic) bond motifs is 1. The molecule has 3 heterocycles. The van der Waals surface area contributed by atoms with Gasteiger partial charge in [-0.25, -0.2) is 9.97 Å². The highest BCUT2D eigenvalue weighted by Crippen LogP contribution is 2.33. The van der Waals surface area contributed by atoms with E-state index in [1.165, 1.54) is 6.92 Å². The number of amides is 3. The van der Waals surface area contributed by atoms with Crippen LogP contribution in [0.3, 0.4) is 0 Å². The topological polar surface area (TPSA) is 95.5 Å². The summed E-state index contributed by atoms with van der Waals surface area (Å²) in [6.45, 7) is 4.92. The van der Waals surface area contributed by atoms with Crippen LogP contribution in [0.15, 0.2) is 30.3 Å². The van der Waals surface area contributed by atoms with Crippen molar-refractivity contribution in [3.63, 3.8) is 0 Å². The maximum atomic E-state index is 12.7. The maximum absolute atomic E-state index is 12.7. The molecule has 8 nitrogen and oxygen atoms in total. The van der Waals surface area contributed by atoms with Crippen molar-refractivity contribution >= 4 is 23.5 Å². The fraction of sp³-hybridized carbons (Fsp3) is 0.409. The lowest BCUT2D eigenvalue weighted by Crippen LogP contribution is -2.38. The van der Waals surface area contributed by atoms with E-state index in [4.69, 9.17) is 4.98 Å². The molecular weight excluding hydrogens is 382 g/mol. The van der Waals surface area contributed by atoms with E-state index < -0.39 is 0 Å². The molecule has 2 aliphatic heterocycles. The molecule has 0 aliphatic carbocycles. The van der Waals surface area contributed by atoms with Gasteiger partial charge in [0, 0.05) is 37.2 Å². The lowest BCUT2D eigenvalue weighted by atomic mass is 10.1. The maximum Gasteiger partial charge on any atom is 0.241 e. The molecule has 0 unspecified atom stereocenters. The standard InChI is InChI=1S/C22H25N5O3/c1-14-18-10-19(29)27(12-16-6-4-3-5-7-16)22(18)25-21(24-14)17-8-9-26(13-17)20(30)11-23-15(2)28/h3-7,17H,8-13H2,1-2H3,(H,23,28)/t17-/m1/s1. The molecule has 1 N–H and O–H groups in total. The molecule has 30 heavy (non-hydrogen) atoms. The summed E-state index contributed by atoms with van der Waals surface area (Å²) in [4.78, 5) is 48.9. The van der Waals surface area contributed by atoms with E-state index in [-0.39, 0.29) is 30.2 Å². The molecule has 0 radical (unpaired) electrons. The van der Waals surface area contributed by atoms with E-state index in [1.807, 2.05) is 37.3 Å². The number of nitrogens with zero attached hydrogens (tertiary/aromatic N) is 4. The van der Waals surface area contributed by atoms with Gasteiger partial charge in [-0.05, 0) is 18.9 Å². The third kappa shape index (κ3) is 4.03. The zero-order valence-corrected chi connectivity index (χ0v) is 17.2. The van der Waals surface area contributed by atoms with Crippen LogP contribution in [0, 0.1) is 6.92 Å². The minimum Gasteiger partial charge on any atom is -0.347 e. The fourth-order valence-corrected chi connectivity index (χ4v) is 4.02. The molecule has 1 aromatic carbocycles. The van der Waals surface area contributed by atoms with Crippen molar-refractivity contribution in [2.24, 2.45) is 0 Å². The largest absolute Gasteiger partial charge is 0.347 e. The minimum absolute atomic E-state index is 0.00544. The summed E-state index contributed by atoms with van der Waals surface area (Å²) in [6, 6.07) is 9.86. The molecule has 4 rings (SSSR count). The molecule has 8 heteroatoms. The number of hydrogen-bond donors (Lipinski definition) is 1. The van der Waals surface area contributed by atoms with Gasteiger partial charge in [-0.3, -0.25) is 19.3 Å². The SMILES string of the molecule is CC(=O)NCC(=O)N1CC[C@@H](c2nc(C)c3c(n2)N(Cc2ccccc2)C(=O)C3)C1. The quantitative estimate of drug-likeness (QED) is 0.807. The van der Waals surface area contributed by atoms with Crippen LogP contribution in [0.1, 0.15) is 41.9 Å². The number of anilines is 1. The van der Waals surface area contributed by atoms with Crippen molar-refractivity contribution in [2.75, 3.05) is 24.5 Å². The zero-order valence-electron chi connectivity index (χ0n) is 17.2. The Balaban J connectivity index is 1.53. The number of benzene rings is 1. The number of carbonyl (C=O) groups excluding carboxylic acids is 3. The summed E-state index contributed by atoms with van der Waals surface area (Å²) < 4.78 is 0. The van der Waals surface area contributed by atoms with Gasteiger partial charge < -0.3 is 10.2 Å². The van der Waals surface area contributed by atoms with E-state index in [1.54, 1.807) is 9.80 Å². The van der Waals surface area contributed by atoms with Crippen molar-refractivity contribution in [3.8, 4) is 0 Å². The van der Waals surface area contributed by atoms with E-state index >= 15 is 0 Å². The first-order valence-corrected chi connectivity index (χ1v) is 10.2. The summed E-state index contributed by atoms with van der Waals surface area (Å²) in [7, 11) is 0. The van der Waals surface area contributed by atoms with Crippen LogP contribution >= 0.6 is 0 Å². The van der Waals surface area contributed by atoms with E-state index in [9.17, 15) is 14.4 Å². The Morgan fingerprint density at radius 3 is 2.70 bits per heavy atom. The minimum atomic E-state index is -0.222. The number of aromatic nitrogens is 2. The highest BCUT2D eigenvalue weighted by molar-refractivity contribution is 6.00. The van der Waals surface area contributed by atoms with Gasteiger partial charge in [-0.15, -0.1) is 0 Å². The van der Waals surface area contributed by atoms with Crippen molar-refractivity contribution < 1.29 is 14.4 Å². The van der Waals surface area contributed by atoms with Crippen LogP contribution in [0.5, 0.6) is 0 Å². The van der Waals surface area contributed by atoms with Crippen molar-refractivity contribution in [2.45, 2.75) is 39.2 Å². The molecule has 1 aromatic heterocycles. The monoisotopic (exact) mass is 407 g/mol. The summed E-state index contributed by atoms with van der Waals surface area (Å²) in [5, 5.41) is 2.55. The average molecular weight is 407 g/mol. The molecule has 2 aliphatic rings. The van der Waals surface area contributed by atoms with Gasteiger partial charge in [0.15, 0.2) is 0 Å². The number of aryl methyl sites for hydroxylation is 1. The van der Waals surface area contributed by atoms with Crippen LogP contribution in [-0.4, -0.2) is 52.2 Å². The lowest BCUT2D eigenvalue weighted by molar-refractivity contribution is -0.131. The number of hydrogen-bond acceptors (Lipinski definition) is 5. The zero-order chi connectivity index (χ0) is 21.3. The number of rotatable bonds is 5. The molecule has 1 fully saturated rings. The second kappa shape index (κ2) is 8.22. The van der Waals surface area contributed by atoms with Gasteiger partial charge in [0.25, 0.3) is 0 Å². The van der Waals surface area contributed by atoms with Crippen LogP contribution < -0.4 is 10.2 Å². The van der Waals surface area contributed by atoms with Crippen LogP contribution in [0.2, 0.25) is 0 Å². The average Bonchev–Trinajstić information content (AvgIpc) is 3.33. The first-order valence-electron chi connectivity index (χ1n) is 10.2. The van der Waals surface area contributed by atoms with Gasteiger partial charge in [0.05, 0.1) is 19.5 Å². The van der Waals surface area contributed by atoms with E-state index in [0.29, 0.717) is 37.7 Å². The Morgan fingerprint density at radius 2 is 1.97 bits per heavy atom. The highest BCUT2D eigenvalue weighted by atomic mass is 16.2. The molecule has 0 saturated carbocycles. The Labute approximate surface area is 175 Å². The van der Waals surface area contributed by atoms with Crippen LogP contribution in [0.4, 0.5) is 5.82 Å². The third-order valence-electron chi connectivity index (χ3n) is 5.67. The normalized spacial score (nSPS) is 17.9. The smallest absolute Gasteiger partial charge is 0.241 e. The predicted molar refractivity (Wildman–Crippen MR) is 111 cm³/mol. The molecule has 0 spiro atoms. The van der Waals surface area contributed by atoms with Gasteiger partial charge in [-0.2, -0.15) is 0 Å².